The van der Waals surface area contributed by atoms with E-state index in [0.717, 1.165) is 11.8 Å². The summed E-state index contributed by atoms with van der Waals surface area (Å²) in [4.78, 5) is 0. The van der Waals surface area contributed by atoms with Crippen molar-refractivity contribution >= 4 is 15.9 Å². The van der Waals surface area contributed by atoms with E-state index in [1.54, 1.807) is 0 Å². The number of alkyl halides is 1. The lowest BCUT2D eigenvalue weighted by Crippen LogP contribution is -1.80. The highest BCUT2D eigenvalue weighted by molar-refractivity contribution is 9.09. The lowest BCUT2D eigenvalue weighted by molar-refractivity contribution is 0.624. The first kappa shape index (κ1) is 7.59. The fourth-order valence-electron chi connectivity index (χ4n) is 1.30. The molecule has 0 aromatic heterocycles. The average molecular weight is 191 g/mol. The summed E-state index contributed by atoms with van der Waals surface area (Å²) in [6.45, 7) is 2.36. The lowest BCUT2D eigenvalue weighted by Gasteiger charge is -1.93. The van der Waals surface area contributed by atoms with Gasteiger partial charge in [-0.25, -0.2) is 0 Å². The summed E-state index contributed by atoms with van der Waals surface area (Å²) >= 11 is 3.44. The Labute approximate surface area is 66.2 Å². The van der Waals surface area contributed by atoms with Crippen molar-refractivity contribution in [3.8, 4) is 0 Å². The maximum atomic E-state index is 3.44. The number of rotatable bonds is 4. The Morgan fingerprint density at radius 1 is 1.44 bits per heavy atom. The number of unbranched alkanes of at least 4 members (excludes halogenated alkanes) is 1. The van der Waals surface area contributed by atoms with Gasteiger partial charge in [0.25, 0.3) is 0 Å². The van der Waals surface area contributed by atoms with Crippen LogP contribution >= 0.6 is 15.9 Å². The molecule has 0 aromatic carbocycles. The molecule has 0 nitrogen and oxygen atoms in total. The summed E-state index contributed by atoms with van der Waals surface area (Å²) in [6, 6.07) is 0. The maximum absolute atomic E-state index is 3.44. The van der Waals surface area contributed by atoms with E-state index < -0.39 is 0 Å². The predicted octanol–water partition coefficient (Wildman–Crippen LogP) is 3.21. The van der Waals surface area contributed by atoms with Crippen LogP contribution in [-0.2, 0) is 0 Å². The van der Waals surface area contributed by atoms with E-state index in [1.807, 2.05) is 0 Å². The highest BCUT2D eigenvalue weighted by atomic mass is 79.9. The highest BCUT2D eigenvalue weighted by Crippen LogP contribution is 2.41. The summed E-state index contributed by atoms with van der Waals surface area (Å²) in [5.41, 5.74) is 0. The molecule has 0 heterocycles. The van der Waals surface area contributed by atoms with Crippen LogP contribution in [0.5, 0.6) is 0 Å². The highest BCUT2D eigenvalue weighted by Gasteiger charge is 2.31. The fraction of sp³-hybridized carbons (Fsp3) is 1.00. The molecule has 9 heavy (non-hydrogen) atoms. The average Bonchev–Trinajstić information content (AvgIpc) is 2.48. The summed E-state index contributed by atoms with van der Waals surface area (Å²) < 4.78 is 0. The largest absolute Gasteiger partial charge is 0.0928 e. The van der Waals surface area contributed by atoms with Crippen molar-refractivity contribution in [2.75, 3.05) is 5.33 Å². The summed E-state index contributed by atoms with van der Waals surface area (Å²) in [5.74, 6) is 2.16. The summed E-state index contributed by atoms with van der Waals surface area (Å²) in [6.07, 6.45) is 5.78. The van der Waals surface area contributed by atoms with Gasteiger partial charge >= 0.3 is 0 Å². The van der Waals surface area contributed by atoms with Gasteiger partial charge in [-0.3, -0.25) is 0 Å². The van der Waals surface area contributed by atoms with Crippen LogP contribution in [0, 0.1) is 11.8 Å². The Balaban J connectivity index is 1.83. The maximum Gasteiger partial charge on any atom is 0.00313 e. The van der Waals surface area contributed by atoms with E-state index in [0.29, 0.717) is 0 Å². The van der Waals surface area contributed by atoms with Crippen LogP contribution in [-0.4, -0.2) is 5.33 Å². The number of hydrogen-bond donors (Lipinski definition) is 0. The summed E-state index contributed by atoms with van der Waals surface area (Å²) in [5, 5.41) is 1.19. The Bertz CT molecular complexity index is 80.6. The third kappa shape index (κ3) is 2.70. The van der Waals surface area contributed by atoms with Crippen molar-refractivity contribution in [1.29, 1.82) is 0 Å². The van der Waals surface area contributed by atoms with Crippen molar-refractivity contribution in [3.63, 3.8) is 0 Å². The van der Waals surface area contributed by atoms with Crippen molar-refractivity contribution in [2.45, 2.75) is 32.6 Å². The van der Waals surface area contributed by atoms with Crippen LogP contribution in [0.2, 0.25) is 0 Å². The molecular formula is C8H15Br. The van der Waals surface area contributed by atoms with E-state index in [4.69, 9.17) is 0 Å². The minimum atomic E-state index is 1.06. The van der Waals surface area contributed by atoms with E-state index in [9.17, 15) is 0 Å². The minimum Gasteiger partial charge on any atom is -0.0928 e. The van der Waals surface area contributed by atoms with Gasteiger partial charge in [-0.05, 0) is 24.7 Å². The quantitative estimate of drug-likeness (QED) is 0.472. The Morgan fingerprint density at radius 3 is 2.56 bits per heavy atom. The zero-order valence-electron chi connectivity index (χ0n) is 6.07. The van der Waals surface area contributed by atoms with Gasteiger partial charge in [0, 0.05) is 5.33 Å². The zero-order valence-corrected chi connectivity index (χ0v) is 7.65. The molecule has 0 aromatic rings. The molecule has 0 spiro atoms. The first-order chi connectivity index (χ1) is 4.34. The zero-order chi connectivity index (χ0) is 6.69. The van der Waals surface area contributed by atoms with Gasteiger partial charge < -0.3 is 0 Å². The van der Waals surface area contributed by atoms with Gasteiger partial charge in [0.05, 0.1) is 0 Å². The van der Waals surface area contributed by atoms with E-state index in [2.05, 4.69) is 22.9 Å². The van der Waals surface area contributed by atoms with Gasteiger partial charge in [-0.15, -0.1) is 0 Å². The third-order valence-corrected chi connectivity index (χ3v) is 2.80. The van der Waals surface area contributed by atoms with Crippen LogP contribution in [0.15, 0.2) is 0 Å². The third-order valence-electron chi connectivity index (χ3n) is 2.23. The molecule has 1 heteroatoms. The van der Waals surface area contributed by atoms with Crippen LogP contribution in [0.1, 0.15) is 32.6 Å². The molecule has 0 saturated heterocycles. The normalized spacial score (nSPS) is 32.7. The molecular weight excluding hydrogens is 176 g/mol. The van der Waals surface area contributed by atoms with E-state index in [1.165, 1.54) is 31.0 Å². The molecule has 54 valence electrons. The second-order valence-corrected chi connectivity index (χ2v) is 3.95. The van der Waals surface area contributed by atoms with Gasteiger partial charge in [-0.2, -0.15) is 0 Å². The Morgan fingerprint density at radius 2 is 2.11 bits per heavy atom. The van der Waals surface area contributed by atoms with Gasteiger partial charge in [0.2, 0.25) is 0 Å². The summed E-state index contributed by atoms with van der Waals surface area (Å²) in [7, 11) is 0. The van der Waals surface area contributed by atoms with Crippen molar-refractivity contribution < 1.29 is 0 Å². The molecule has 2 unspecified atom stereocenters. The van der Waals surface area contributed by atoms with Crippen molar-refractivity contribution in [3.05, 3.63) is 0 Å². The van der Waals surface area contributed by atoms with E-state index in [-0.39, 0.29) is 0 Å². The molecule has 0 radical (unpaired) electrons. The Kier molecular flexibility index (Phi) is 3.03. The second kappa shape index (κ2) is 3.60. The first-order valence-electron chi connectivity index (χ1n) is 3.90. The van der Waals surface area contributed by atoms with Gasteiger partial charge in [0.1, 0.15) is 0 Å². The first-order valence-corrected chi connectivity index (χ1v) is 5.02. The molecule has 1 rings (SSSR count). The molecule has 0 bridgehead atoms. The topological polar surface area (TPSA) is 0 Å². The van der Waals surface area contributed by atoms with Crippen LogP contribution in [0.25, 0.3) is 0 Å². The molecule has 2 atom stereocenters. The second-order valence-electron chi connectivity index (χ2n) is 3.16. The van der Waals surface area contributed by atoms with Crippen molar-refractivity contribution in [1.82, 2.24) is 0 Å². The molecule has 1 fully saturated rings. The predicted molar refractivity (Wildman–Crippen MR) is 44.9 cm³/mol. The molecule has 0 amide bonds. The lowest BCUT2D eigenvalue weighted by atomic mass is 10.2. The molecule has 0 N–H and O–H groups in total. The monoisotopic (exact) mass is 190 g/mol. The SMILES string of the molecule is CC1CC1CCCCBr. The fourth-order valence-corrected chi connectivity index (χ4v) is 1.70. The number of halogens is 1. The van der Waals surface area contributed by atoms with Crippen LogP contribution < -0.4 is 0 Å². The Hall–Kier alpha value is 0.480. The molecule has 1 aliphatic rings. The molecule has 1 aliphatic carbocycles. The van der Waals surface area contributed by atoms with Crippen LogP contribution in [0.4, 0.5) is 0 Å². The minimum absolute atomic E-state index is 1.06. The van der Waals surface area contributed by atoms with Gasteiger partial charge in [-0.1, -0.05) is 35.7 Å². The molecule has 1 saturated carbocycles. The van der Waals surface area contributed by atoms with Gasteiger partial charge in [0.15, 0.2) is 0 Å². The van der Waals surface area contributed by atoms with Crippen molar-refractivity contribution in [2.24, 2.45) is 11.8 Å². The molecule has 0 aliphatic heterocycles. The standard InChI is InChI=1S/C8H15Br/c1-7-6-8(7)4-2-3-5-9/h7-8H,2-6H2,1H3. The van der Waals surface area contributed by atoms with Crippen LogP contribution in [0.3, 0.4) is 0 Å². The van der Waals surface area contributed by atoms with E-state index >= 15 is 0 Å². The number of hydrogen-bond acceptors (Lipinski definition) is 0. The smallest absolute Gasteiger partial charge is 0.00313 e.